The van der Waals surface area contributed by atoms with Crippen molar-refractivity contribution in [3.63, 3.8) is 0 Å². The van der Waals surface area contributed by atoms with Crippen LogP contribution < -0.4 is 5.32 Å². The highest BCUT2D eigenvalue weighted by Crippen LogP contribution is 2.24. The molecule has 0 bridgehead atoms. The van der Waals surface area contributed by atoms with Gasteiger partial charge in [-0.3, -0.25) is 9.78 Å². The summed E-state index contributed by atoms with van der Waals surface area (Å²) >= 11 is 0. The number of amides is 1. The van der Waals surface area contributed by atoms with E-state index in [0.29, 0.717) is 11.4 Å². The van der Waals surface area contributed by atoms with Crippen molar-refractivity contribution in [3.8, 4) is 17.2 Å². The fourth-order valence-electron chi connectivity index (χ4n) is 2.53. The third-order valence-electron chi connectivity index (χ3n) is 4.04. The molecule has 0 saturated heterocycles. The Labute approximate surface area is 157 Å². The van der Waals surface area contributed by atoms with Gasteiger partial charge in [0, 0.05) is 29.4 Å². The first-order valence-corrected chi connectivity index (χ1v) is 8.56. The lowest BCUT2D eigenvalue weighted by Crippen LogP contribution is -2.14. The van der Waals surface area contributed by atoms with E-state index < -0.39 is 0 Å². The first-order chi connectivity index (χ1) is 12.8. The zero-order valence-corrected chi connectivity index (χ0v) is 15.5. The maximum absolute atomic E-state index is 12.2. The van der Waals surface area contributed by atoms with Crippen LogP contribution in [-0.2, 0) is 16.6 Å². The normalized spacial score (nSPS) is 11.0. The molecule has 6 nitrogen and oxygen atoms in total. The lowest BCUT2D eigenvalue weighted by Gasteiger charge is -2.12. The third-order valence-corrected chi connectivity index (χ3v) is 4.04. The second kappa shape index (κ2) is 7.42. The fraction of sp³-hybridized carbons (Fsp3) is 0.238. The van der Waals surface area contributed by atoms with Crippen LogP contribution in [0.3, 0.4) is 0 Å². The summed E-state index contributed by atoms with van der Waals surface area (Å²) in [6, 6.07) is 13.2. The van der Waals surface area contributed by atoms with E-state index >= 15 is 0 Å². The maximum atomic E-state index is 12.2. The molecule has 0 fully saturated rings. The fourth-order valence-corrected chi connectivity index (χ4v) is 2.53. The van der Waals surface area contributed by atoms with Crippen LogP contribution in [0.15, 0.2) is 53.3 Å². The largest absolute Gasteiger partial charge is 0.359 e. The van der Waals surface area contributed by atoms with Crippen molar-refractivity contribution in [1.29, 1.82) is 5.26 Å². The molecule has 1 aromatic carbocycles. The Balaban J connectivity index is 1.65. The summed E-state index contributed by atoms with van der Waals surface area (Å²) in [6.07, 6.45) is 3.46. The molecule has 0 aliphatic carbocycles. The van der Waals surface area contributed by atoms with Crippen LogP contribution in [0.5, 0.6) is 0 Å². The van der Waals surface area contributed by atoms with E-state index in [4.69, 9.17) is 9.78 Å². The van der Waals surface area contributed by atoms with Crippen LogP contribution in [-0.4, -0.2) is 16.0 Å². The number of carbonyl (C=O) groups is 1. The number of nitriles is 1. The molecule has 2 aromatic heterocycles. The Morgan fingerprint density at radius 2 is 1.89 bits per heavy atom. The van der Waals surface area contributed by atoms with Crippen LogP contribution in [0, 0.1) is 11.3 Å². The molecule has 0 saturated carbocycles. The Morgan fingerprint density at radius 3 is 2.52 bits per heavy atom. The molecular formula is C21H20N4O2. The van der Waals surface area contributed by atoms with Crippen molar-refractivity contribution >= 4 is 11.7 Å². The lowest BCUT2D eigenvalue weighted by molar-refractivity contribution is -0.115. The van der Waals surface area contributed by atoms with Gasteiger partial charge in [0.15, 0.2) is 5.82 Å². The Kier molecular flexibility index (Phi) is 5.04. The molecule has 2 heterocycles. The molecular weight excluding hydrogens is 340 g/mol. The summed E-state index contributed by atoms with van der Waals surface area (Å²) in [5.74, 6) is 0.973. The number of rotatable bonds is 4. The van der Waals surface area contributed by atoms with Gasteiger partial charge in [-0.2, -0.15) is 5.26 Å². The molecule has 0 unspecified atom stereocenters. The number of carbonyl (C=O) groups excluding carboxylic acids is 1. The van der Waals surface area contributed by atoms with Crippen LogP contribution in [0.25, 0.3) is 11.1 Å². The molecule has 1 amide bonds. The minimum atomic E-state index is -0.163. The second-order valence-electron chi connectivity index (χ2n) is 7.32. The van der Waals surface area contributed by atoms with Gasteiger partial charge >= 0.3 is 0 Å². The number of hydrogen-bond donors (Lipinski definition) is 1. The van der Waals surface area contributed by atoms with Gasteiger partial charge in [-0.1, -0.05) is 50.2 Å². The predicted molar refractivity (Wildman–Crippen MR) is 102 cm³/mol. The van der Waals surface area contributed by atoms with Crippen LogP contribution >= 0.6 is 0 Å². The van der Waals surface area contributed by atoms with Gasteiger partial charge < -0.3 is 9.84 Å². The molecule has 0 atom stereocenters. The van der Waals surface area contributed by atoms with Crippen molar-refractivity contribution in [1.82, 2.24) is 10.1 Å². The van der Waals surface area contributed by atoms with Crippen molar-refractivity contribution in [2.45, 2.75) is 32.6 Å². The quantitative estimate of drug-likeness (QED) is 0.756. The molecule has 0 spiro atoms. The lowest BCUT2D eigenvalue weighted by atomic mass is 9.93. The Bertz CT molecular complexity index is 992. The Hall–Kier alpha value is -3.46. The first-order valence-electron chi connectivity index (χ1n) is 8.56. The van der Waals surface area contributed by atoms with Crippen molar-refractivity contribution in [2.24, 2.45) is 0 Å². The zero-order valence-electron chi connectivity index (χ0n) is 15.5. The van der Waals surface area contributed by atoms with Crippen molar-refractivity contribution in [3.05, 3.63) is 65.7 Å². The van der Waals surface area contributed by atoms with E-state index in [2.05, 4.69) is 21.5 Å². The minimum Gasteiger partial charge on any atom is -0.359 e. The molecule has 1 N–H and O–H groups in total. The van der Waals surface area contributed by atoms with Gasteiger partial charge in [-0.25, -0.2) is 0 Å². The SMILES string of the molecule is CC(C)(C)c1cc(NC(=O)Cc2ccc(-c3cncc(C#N)c3)cc2)no1. The van der Waals surface area contributed by atoms with E-state index in [-0.39, 0.29) is 17.7 Å². The number of nitrogens with one attached hydrogen (secondary N) is 1. The highest BCUT2D eigenvalue weighted by atomic mass is 16.5. The van der Waals surface area contributed by atoms with Crippen molar-refractivity contribution in [2.75, 3.05) is 5.32 Å². The van der Waals surface area contributed by atoms with Crippen LogP contribution in [0.2, 0.25) is 0 Å². The zero-order chi connectivity index (χ0) is 19.4. The summed E-state index contributed by atoms with van der Waals surface area (Å²) in [7, 11) is 0. The topological polar surface area (TPSA) is 91.8 Å². The standard InChI is InChI=1S/C21H20N4O2/c1-21(2,3)18-10-19(25-27-18)24-20(26)9-14-4-6-16(7-5-14)17-8-15(11-22)12-23-13-17/h4-8,10,12-13H,9H2,1-3H3,(H,24,25,26). The molecule has 6 heteroatoms. The Morgan fingerprint density at radius 1 is 1.15 bits per heavy atom. The molecule has 0 aliphatic heterocycles. The average Bonchev–Trinajstić information content (AvgIpc) is 3.11. The van der Waals surface area contributed by atoms with Gasteiger partial charge in [0.05, 0.1) is 12.0 Å². The van der Waals surface area contributed by atoms with Gasteiger partial charge in [-0.05, 0) is 17.2 Å². The summed E-state index contributed by atoms with van der Waals surface area (Å²) < 4.78 is 5.27. The highest BCUT2D eigenvalue weighted by Gasteiger charge is 2.20. The second-order valence-corrected chi connectivity index (χ2v) is 7.32. The molecule has 27 heavy (non-hydrogen) atoms. The van der Waals surface area contributed by atoms with Crippen LogP contribution in [0.1, 0.15) is 37.7 Å². The van der Waals surface area contributed by atoms with E-state index in [1.165, 1.54) is 6.20 Å². The van der Waals surface area contributed by atoms with Crippen LogP contribution in [0.4, 0.5) is 5.82 Å². The highest BCUT2D eigenvalue weighted by molar-refractivity contribution is 5.91. The van der Waals surface area contributed by atoms with E-state index in [9.17, 15) is 4.79 Å². The van der Waals surface area contributed by atoms with Gasteiger partial charge in [0.2, 0.25) is 5.91 Å². The predicted octanol–water partition coefficient (Wildman–Crippen LogP) is 4.09. The molecule has 3 aromatic rings. The van der Waals surface area contributed by atoms with Crippen molar-refractivity contribution < 1.29 is 9.32 Å². The maximum Gasteiger partial charge on any atom is 0.230 e. The molecule has 136 valence electrons. The number of aromatic nitrogens is 2. The van der Waals surface area contributed by atoms with Gasteiger partial charge in [-0.15, -0.1) is 0 Å². The number of hydrogen-bond acceptors (Lipinski definition) is 5. The summed E-state index contributed by atoms with van der Waals surface area (Å²) in [5.41, 5.74) is 3.03. The van der Waals surface area contributed by atoms with E-state index in [0.717, 1.165) is 22.5 Å². The van der Waals surface area contributed by atoms with E-state index in [1.807, 2.05) is 45.0 Å². The number of pyridine rings is 1. The third kappa shape index (κ3) is 4.59. The number of anilines is 1. The summed E-state index contributed by atoms with van der Waals surface area (Å²) in [6.45, 7) is 6.05. The molecule has 3 rings (SSSR count). The summed E-state index contributed by atoms with van der Waals surface area (Å²) in [4.78, 5) is 16.3. The van der Waals surface area contributed by atoms with Gasteiger partial charge in [0.1, 0.15) is 11.8 Å². The summed E-state index contributed by atoms with van der Waals surface area (Å²) in [5, 5.41) is 15.6. The molecule has 0 aliphatic rings. The first kappa shape index (κ1) is 18.3. The average molecular weight is 360 g/mol. The minimum absolute atomic E-state index is 0.162. The smallest absolute Gasteiger partial charge is 0.230 e. The molecule has 0 radical (unpaired) electrons. The number of benzene rings is 1. The monoisotopic (exact) mass is 360 g/mol. The number of nitrogens with zero attached hydrogens (tertiary/aromatic N) is 3. The van der Waals surface area contributed by atoms with E-state index in [1.54, 1.807) is 18.3 Å². The van der Waals surface area contributed by atoms with Gasteiger partial charge in [0.25, 0.3) is 0 Å².